The summed E-state index contributed by atoms with van der Waals surface area (Å²) in [5.74, 6) is 0.510. The normalized spacial score (nSPS) is 20.6. The molecule has 86 valence electrons. The summed E-state index contributed by atoms with van der Waals surface area (Å²) in [6.07, 6.45) is 7.03. The van der Waals surface area contributed by atoms with Crippen molar-refractivity contribution in [3.8, 4) is 0 Å². The van der Waals surface area contributed by atoms with E-state index in [9.17, 15) is 4.79 Å². The Morgan fingerprint density at radius 3 is 2.87 bits per heavy atom. The number of hydrogen-bond donors (Lipinski definition) is 2. The lowest BCUT2D eigenvalue weighted by atomic mass is 9.94. The Labute approximate surface area is 91.6 Å². The Balaban J connectivity index is 2.21. The van der Waals surface area contributed by atoms with Gasteiger partial charge in [-0.05, 0) is 18.8 Å². The third-order valence-corrected chi connectivity index (χ3v) is 2.75. The number of carbonyl (C=O) groups is 1. The van der Waals surface area contributed by atoms with E-state index in [1.165, 1.54) is 0 Å². The SMILES string of the molecule is CC(C)(CO)CNC(=O)CC1C=CCC1. The quantitative estimate of drug-likeness (QED) is 0.677. The van der Waals surface area contributed by atoms with Gasteiger partial charge in [-0.2, -0.15) is 0 Å². The van der Waals surface area contributed by atoms with Crippen LogP contribution in [-0.4, -0.2) is 24.2 Å². The largest absolute Gasteiger partial charge is 0.396 e. The second kappa shape index (κ2) is 5.31. The predicted octanol–water partition coefficient (Wildman–Crippen LogP) is 1.48. The fraction of sp³-hybridized carbons (Fsp3) is 0.750. The van der Waals surface area contributed by atoms with Crippen LogP contribution in [-0.2, 0) is 4.79 Å². The number of rotatable bonds is 5. The van der Waals surface area contributed by atoms with E-state index in [1.807, 2.05) is 13.8 Å². The summed E-state index contributed by atoms with van der Waals surface area (Å²) in [6, 6.07) is 0. The van der Waals surface area contributed by atoms with Gasteiger partial charge < -0.3 is 10.4 Å². The average Bonchev–Trinajstić information content (AvgIpc) is 2.68. The molecule has 15 heavy (non-hydrogen) atoms. The maximum atomic E-state index is 11.5. The molecule has 0 bridgehead atoms. The highest BCUT2D eigenvalue weighted by atomic mass is 16.3. The molecule has 1 unspecified atom stereocenters. The topological polar surface area (TPSA) is 49.3 Å². The molecule has 0 spiro atoms. The zero-order valence-electron chi connectivity index (χ0n) is 9.62. The Morgan fingerprint density at radius 2 is 2.33 bits per heavy atom. The molecule has 0 aromatic rings. The number of nitrogens with one attached hydrogen (secondary N) is 1. The zero-order valence-corrected chi connectivity index (χ0v) is 9.62. The molecule has 0 fully saturated rings. The van der Waals surface area contributed by atoms with Crippen molar-refractivity contribution in [2.75, 3.05) is 13.2 Å². The van der Waals surface area contributed by atoms with E-state index in [-0.39, 0.29) is 17.9 Å². The van der Waals surface area contributed by atoms with Crippen molar-refractivity contribution in [2.24, 2.45) is 11.3 Å². The predicted molar refractivity (Wildman–Crippen MR) is 60.4 cm³/mol. The first kappa shape index (κ1) is 12.2. The van der Waals surface area contributed by atoms with Gasteiger partial charge in [0.2, 0.25) is 5.91 Å². The first-order valence-electron chi connectivity index (χ1n) is 5.58. The molecule has 1 rings (SSSR count). The molecule has 1 atom stereocenters. The van der Waals surface area contributed by atoms with Gasteiger partial charge in [-0.1, -0.05) is 26.0 Å². The van der Waals surface area contributed by atoms with Gasteiger partial charge in [0.05, 0.1) is 0 Å². The summed E-state index contributed by atoms with van der Waals surface area (Å²) in [6.45, 7) is 4.50. The summed E-state index contributed by atoms with van der Waals surface area (Å²) in [4.78, 5) is 11.5. The molecule has 0 saturated heterocycles. The highest BCUT2D eigenvalue weighted by molar-refractivity contribution is 5.76. The molecule has 1 aliphatic rings. The first-order chi connectivity index (χ1) is 7.03. The lowest BCUT2D eigenvalue weighted by molar-refractivity contribution is -0.122. The Hall–Kier alpha value is -0.830. The second-order valence-corrected chi connectivity index (χ2v) is 5.07. The molecule has 0 saturated carbocycles. The number of hydrogen-bond acceptors (Lipinski definition) is 2. The van der Waals surface area contributed by atoms with Gasteiger partial charge in [-0.15, -0.1) is 0 Å². The van der Waals surface area contributed by atoms with Gasteiger partial charge in [-0.25, -0.2) is 0 Å². The summed E-state index contributed by atoms with van der Waals surface area (Å²) >= 11 is 0. The van der Waals surface area contributed by atoms with Crippen LogP contribution in [0.25, 0.3) is 0 Å². The number of aliphatic hydroxyl groups is 1. The van der Waals surface area contributed by atoms with E-state index in [4.69, 9.17) is 5.11 Å². The van der Waals surface area contributed by atoms with Crippen molar-refractivity contribution < 1.29 is 9.90 Å². The number of carbonyl (C=O) groups excluding carboxylic acids is 1. The van der Waals surface area contributed by atoms with Crippen LogP contribution in [0.15, 0.2) is 12.2 Å². The van der Waals surface area contributed by atoms with Crippen LogP contribution >= 0.6 is 0 Å². The summed E-state index contributed by atoms with van der Waals surface area (Å²) in [5.41, 5.74) is -0.221. The molecule has 0 aromatic carbocycles. The smallest absolute Gasteiger partial charge is 0.220 e. The van der Waals surface area contributed by atoms with E-state index in [0.717, 1.165) is 12.8 Å². The lowest BCUT2D eigenvalue weighted by Gasteiger charge is -2.22. The van der Waals surface area contributed by atoms with E-state index in [2.05, 4.69) is 17.5 Å². The minimum Gasteiger partial charge on any atom is -0.396 e. The van der Waals surface area contributed by atoms with E-state index in [1.54, 1.807) is 0 Å². The maximum absolute atomic E-state index is 11.5. The molecule has 2 N–H and O–H groups in total. The highest BCUT2D eigenvalue weighted by Crippen LogP contribution is 2.20. The van der Waals surface area contributed by atoms with Crippen LogP contribution in [0.3, 0.4) is 0 Å². The van der Waals surface area contributed by atoms with Crippen molar-refractivity contribution in [3.63, 3.8) is 0 Å². The van der Waals surface area contributed by atoms with Gasteiger partial charge in [0, 0.05) is 25.0 Å². The number of allylic oxidation sites excluding steroid dienone is 2. The summed E-state index contributed by atoms with van der Waals surface area (Å²) in [7, 11) is 0. The van der Waals surface area contributed by atoms with Gasteiger partial charge in [0.15, 0.2) is 0 Å². The highest BCUT2D eigenvalue weighted by Gasteiger charge is 2.19. The maximum Gasteiger partial charge on any atom is 0.220 e. The average molecular weight is 211 g/mol. The van der Waals surface area contributed by atoms with Crippen molar-refractivity contribution in [2.45, 2.75) is 33.1 Å². The fourth-order valence-corrected chi connectivity index (χ4v) is 1.57. The Bertz CT molecular complexity index is 246. The molecule has 0 aliphatic heterocycles. The molecular formula is C12H21NO2. The second-order valence-electron chi connectivity index (χ2n) is 5.07. The Morgan fingerprint density at radius 1 is 1.60 bits per heavy atom. The van der Waals surface area contributed by atoms with Gasteiger partial charge >= 0.3 is 0 Å². The molecule has 3 heteroatoms. The van der Waals surface area contributed by atoms with Gasteiger partial charge in [0.1, 0.15) is 0 Å². The fourth-order valence-electron chi connectivity index (χ4n) is 1.57. The van der Waals surface area contributed by atoms with Crippen LogP contribution in [0.4, 0.5) is 0 Å². The van der Waals surface area contributed by atoms with Crippen LogP contribution in [0.5, 0.6) is 0 Å². The molecule has 0 radical (unpaired) electrons. The summed E-state index contributed by atoms with van der Waals surface area (Å²) < 4.78 is 0. The Kier molecular flexibility index (Phi) is 4.33. The molecule has 0 aromatic heterocycles. The van der Waals surface area contributed by atoms with Gasteiger partial charge in [-0.3, -0.25) is 4.79 Å². The van der Waals surface area contributed by atoms with E-state index < -0.39 is 0 Å². The van der Waals surface area contributed by atoms with Crippen LogP contribution in [0.2, 0.25) is 0 Å². The van der Waals surface area contributed by atoms with Crippen LogP contribution in [0, 0.1) is 11.3 Å². The molecule has 0 heterocycles. The number of aliphatic hydroxyl groups excluding tert-OH is 1. The molecule has 1 amide bonds. The summed E-state index contributed by atoms with van der Waals surface area (Å²) in [5, 5.41) is 11.9. The van der Waals surface area contributed by atoms with Crippen LogP contribution < -0.4 is 5.32 Å². The molecule has 1 aliphatic carbocycles. The minimum atomic E-state index is -0.221. The monoisotopic (exact) mass is 211 g/mol. The first-order valence-corrected chi connectivity index (χ1v) is 5.58. The van der Waals surface area contributed by atoms with Crippen molar-refractivity contribution >= 4 is 5.91 Å². The zero-order chi connectivity index (χ0) is 11.3. The van der Waals surface area contributed by atoms with Gasteiger partial charge in [0.25, 0.3) is 0 Å². The lowest BCUT2D eigenvalue weighted by Crippen LogP contribution is -2.36. The molecular weight excluding hydrogens is 190 g/mol. The third kappa shape index (κ3) is 4.47. The van der Waals surface area contributed by atoms with Crippen molar-refractivity contribution in [3.05, 3.63) is 12.2 Å². The number of amides is 1. The van der Waals surface area contributed by atoms with E-state index in [0.29, 0.717) is 18.9 Å². The third-order valence-electron chi connectivity index (χ3n) is 2.75. The van der Waals surface area contributed by atoms with E-state index >= 15 is 0 Å². The van der Waals surface area contributed by atoms with Crippen molar-refractivity contribution in [1.29, 1.82) is 0 Å². The minimum absolute atomic E-state index is 0.0908. The van der Waals surface area contributed by atoms with Crippen molar-refractivity contribution in [1.82, 2.24) is 5.32 Å². The molecule has 3 nitrogen and oxygen atoms in total. The standard InChI is InChI=1S/C12H21NO2/c1-12(2,9-14)8-13-11(15)7-10-5-3-4-6-10/h3,5,10,14H,4,6-9H2,1-2H3,(H,13,15). The van der Waals surface area contributed by atoms with Crippen LogP contribution in [0.1, 0.15) is 33.1 Å².